The molecule has 2 aliphatic carbocycles. The summed E-state index contributed by atoms with van der Waals surface area (Å²) in [6.07, 6.45) is 20.3. The number of ketones is 4. The lowest BCUT2D eigenvalue weighted by atomic mass is 9.82. The van der Waals surface area contributed by atoms with Crippen LogP contribution in [0.1, 0.15) is 206 Å². The Balaban J connectivity index is -0.000000860. The van der Waals surface area contributed by atoms with E-state index in [2.05, 4.69) is 106 Å². The Bertz CT molecular complexity index is 1410. The molecular weight excluding hydrogens is 917 g/mol. The summed E-state index contributed by atoms with van der Waals surface area (Å²) in [6.45, 7) is 30.4. The third-order valence-electron chi connectivity index (χ3n) is 12.9. The lowest BCUT2D eigenvalue weighted by Crippen LogP contribution is -2.16. The first-order valence-corrected chi connectivity index (χ1v) is 29.2. The second-order valence-electron chi connectivity index (χ2n) is 21.0. The molecule has 1 heterocycles. The topological polar surface area (TPSA) is 195 Å². The van der Waals surface area contributed by atoms with Gasteiger partial charge in [-0.25, -0.2) is 0 Å². The molecule has 0 aromatic rings. The van der Waals surface area contributed by atoms with E-state index in [1.807, 2.05) is 0 Å². The number of hydrogen-bond donors (Lipinski definition) is 5. The van der Waals surface area contributed by atoms with Gasteiger partial charge in [0.2, 0.25) is 0 Å². The van der Waals surface area contributed by atoms with Crippen LogP contribution < -0.4 is 17.2 Å². The number of amidine groups is 2. The molecule has 0 bridgehead atoms. The van der Waals surface area contributed by atoms with E-state index in [1.165, 1.54) is 69.3 Å². The number of unbranched alkanes of at least 4 members (excludes halogenated alkanes) is 3. The van der Waals surface area contributed by atoms with Crippen molar-refractivity contribution in [3.05, 3.63) is 12.2 Å². The Kier molecular flexibility index (Phi) is 46.2. The SMILES string of the molecule is C.CC(C)C(CCCCN)C(C)C.CC(C)C(CCCCN=C(N)CCCS)C(C)C.CC(C)C(CCCCN=C(N)CCCSC1CC(=O)CC1=O)C(C)C.N=C1CCCS1.O=C1C=CC(=O)C1. The number of nitrogens with one attached hydrogen (secondary N) is 1. The first-order valence-electron chi connectivity index (χ1n) is 26.6. The van der Waals surface area contributed by atoms with E-state index in [0.717, 1.165) is 146 Å². The fourth-order valence-corrected chi connectivity index (χ4v) is 11.1. The predicted molar refractivity (Wildman–Crippen MR) is 311 cm³/mol. The summed E-state index contributed by atoms with van der Waals surface area (Å²) >= 11 is 7.45. The molecule has 1 unspecified atom stereocenters. The smallest absolute Gasteiger partial charge is 0.163 e. The van der Waals surface area contributed by atoms with Gasteiger partial charge in [-0.2, -0.15) is 24.4 Å². The maximum atomic E-state index is 11.6. The molecule has 1 aliphatic heterocycles. The number of hydrogen-bond acceptors (Lipinski definition) is 11. The van der Waals surface area contributed by atoms with Crippen molar-refractivity contribution in [1.29, 1.82) is 5.41 Å². The van der Waals surface area contributed by atoms with Crippen LogP contribution in [0.15, 0.2) is 22.1 Å². The van der Waals surface area contributed by atoms with Crippen molar-refractivity contribution in [1.82, 2.24) is 0 Å². The number of nitrogens with two attached hydrogens (primary N) is 3. The van der Waals surface area contributed by atoms with E-state index in [4.69, 9.17) is 22.6 Å². The van der Waals surface area contributed by atoms with Gasteiger partial charge in [0, 0.05) is 32.4 Å². The van der Waals surface area contributed by atoms with Gasteiger partial charge < -0.3 is 17.2 Å². The molecule has 7 N–H and O–H groups in total. The van der Waals surface area contributed by atoms with Gasteiger partial charge in [0.1, 0.15) is 5.78 Å². The summed E-state index contributed by atoms with van der Waals surface area (Å²) in [5.74, 6) is 11.7. The molecule has 1 saturated heterocycles. The van der Waals surface area contributed by atoms with Crippen molar-refractivity contribution in [2.45, 2.75) is 211 Å². The zero-order valence-electron chi connectivity index (χ0n) is 45.4. The zero-order chi connectivity index (χ0) is 52.0. The average molecular weight is 1030 g/mol. The van der Waals surface area contributed by atoms with Crippen LogP contribution in [-0.2, 0) is 19.2 Å². The van der Waals surface area contributed by atoms with Crippen molar-refractivity contribution < 1.29 is 19.2 Å². The summed E-state index contributed by atoms with van der Waals surface area (Å²) in [4.78, 5) is 51.9. The van der Waals surface area contributed by atoms with Gasteiger partial charge in [-0.15, -0.1) is 11.8 Å². The molecule has 69 heavy (non-hydrogen) atoms. The highest BCUT2D eigenvalue weighted by molar-refractivity contribution is 8.14. The van der Waals surface area contributed by atoms with Crippen molar-refractivity contribution in [2.24, 2.45) is 80.4 Å². The molecule has 1 atom stereocenters. The Labute approximate surface area is 439 Å². The molecule has 0 radical (unpaired) electrons. The van der Waals surface area contributed by atoms with Crippen LogP contribution in [-0.4, -0.2) is 82.0 Å². The van der Waals surface area contributed by atoms with Gasteiger partial charge in [-0.1, -0.05) is 110 Å². The third-order valence-corrected chi connectivity index (χ3v) is 15.6. The van der Waals surface area contributed by atoms with Crippen LogP contribution in [0.4, 0.5) is 0 Å². The summed E-state index contributed by atoms with van der Waals surface area (Å²) in [6, 6.07) is 0. The summed E-state index contributed by atoms with van der Waals surface area (Å²) in [5.41, 5.74) is 17.3. The highest BCUT2D eigenvalue weighted by Crippen LogP contribution is 2.28. The number of Topliss-reactive ketones (excluding diaryl/α,β-unsaturated/α-hetero) is 2. The van der Waals surface area contributed by atoms with Crippen molar-refractivity contribution in [2.75, 3.05) is 36.9 Å². The first kappa shape index (κ1) is 71.3. The average Bonchev–Trinajstić information content (AvgIpc) is 3.99. The molecule has 0 amide bonds. The maximum Gasteiger partial charge on any atom is 0.163 e. The molecule has 3 rings (SSSR count). The Morgan fingerprint density at radius 3 is 1.38 bits per heavy atom. The minimum atomic E-state index is -0.111. The fourth-order valence-electron chi connectivity index (χ4n) is 8.99. The number of aliphatic imine (C=N–C) groups is 2. The summed E-state index contributed by atoms with van der Waals surface area (Å²) in [7, 11) is 0. The normalized spacial score (nSPS) is 16.2. The van der Waals surface area contributed by atoms with Crippen molar-refractivity contribution >= 4 is 76.0 Å². The molecule has 2 fully saturated rings. The molecule has 3 aliphatic rings. The van der Waals surface area contributed by atoms with Crippen molar-refractivity contribution in [3.8, 4) is 0 Å². The fraction of sp³-hybridized carbons (Fsp3) is 0.839. The van der Waals surface area contributed by atoms with Crippen LogP contribution in [0.2, 0.25) is 0 Å². The Hall–Kier alpha value is -1.96. The molecule has 0 aromatic heterocycles. The molecule has 10 nitrogen and oxygen atoms in total. The van der Waals surface area contributed by atoms with Crippen LogP contribution in [0.5, 0.6) is 0 Å². The maximum absolute atomic E-state index is 11.6. The van der Waals surface area contributed by atoms with E-state index in [1.54, 1.807) is 23.5 Å². The largest absolute Gasteiger partial charge is 0.387 e. The van der Waals surface area contributed by atoms with E-state index >= 15 is 0 Å². The number of carbonyl (C=O) groups is 4. The lowest BCUT2D eigenvalue weighted by Gasteiger charge is -2.24. The standard InChI is InChI=1S/C20H36N2O2S.C15H32N2S.C11H25N.C5H4O2.C4H7NS.CH4/c1-14(2)17(15(3)4)8-5-6-10-22-20(21)9-7-11-25-19-13-16(23)12-18(19)24;1-12(2)14(13(3)4)8-5-6-10-17-15(16)9-7-11-18;1-9(2)11(10(3)4)7-5-6-8-12;6-4-1-2-5(7)3-4;5-4-2-1-3-6-4;/h14-15,17,19H,5-13H2,1-4H3,(H2,21,22);12-14,18H,5-11H2,1-4H3,(H2,16,17);9-11H,5-8,12H2,1-4H3;1-2H,3H2;5H,1-3H2;1H4. The van der Waals surface area contributed by atoms with E-state index in [-0.39, 0.29) is 48.7 Å². The predicted octanol–water partition coefficient (Wildman–Crippen LogP) is 13.7. The third kappa shape index (κ3) is 40.2. The van der Waals surface area contributed by atoms with Gasteiger partial charge in [0.25, 0.3) is 0 Å². The summed E-state index contributed by atoms with van der Waals surface area (Å²) in [5, 5.41) is 7.77. The van der Waals surface area contributed by atoms with Gasteiger partial charge in [-0.3, -0.25) is 34.6 Å². The van der Waals surface area contributed by atoms with E-state index in [9.17, 15) is 19.2 Å². The number of thioether (sulfide) groups is 2. The number of allylic oxidation sites excluding steroid dienone is 2. The van der Waals surface area contributed by atoms with Crippen molar-refractivity contribution in [3.63, 3.8) is 0 Å². The van der Waals surface area contributed by atoms with Gasteiger partial charge in [0.05, 0.1) is 34.8 Å². The first-order chi connectivity index (χ1) is 32.1. The highest BCUT2D eigenvalue weighted by atomic mass is 32.2. The minimum Gasteiger partial charge on any atom is -0.387 e. The minimum absolute atomic E-state index is 0. The Morgan fingerprint density at radius 1 is 0.667 bits per heavy atom. The van der Waals surface area contributed by atoms with Gasteiger partial charge >= 0.3 is 0 Å². The number of nitrogens with zero attached hydrogens (tertiary/aromatic N) is 2. The van der Waals surface area contributed by atoms with Gasteiger partial charge in [0.15, 0.2) is 17.3 Å². The van der Waals surface area contributed by atoms with Crippen LogP contribution in [0, 0.1) is 58.7 Å². The molecular formula is C56H108N6O4S3. The zero-order valence-corrected chi connectivity index (χ0v) is 47.9. The number of rotatable bonds is 28. The molecule has 0 aromatic carbocycles. The molecule has 13 heteroatoms. The van der Waals surface area contributed by atoms with E-state index in [0.29, 0.717) is 6.42 Å². The number of carbonyl (C=O) groups excluding carboxylic acids is 4. The molecule has 0 spiro atoms. The second-order valence-corrected chi connectivity index (χ2v) is 23.9. The molecule has 404 valence electrons. The molecule has 1 saturated carbocycles. The van der Waals surface area contributed by atoms with E-state index < -0.39 is 0 Å². The monoisotopic (exact) mass is 1020 g/mol. The van der Waals surface area contributed by atoms with Crippen LogP contribution >= 0.6 is 36.2 Å². The lowest BCUT2D eigenvalue weighted by molar-refractivity contribution is -0.122. The quantitative estimate of drug-likeness (QED) is 0.0167. The number of thiol groups is 1. The second kappa shape index (κ2) is 44.7. The Morgan fingerprint density at radius 2 is 1.09 bits per heavy atom. The van der Waals surface area contributed by atoms with Gasteiger partial charge in [-0.05, 0) is 153 Å². The summed E-state index contributed by atoms with van der Waals surface area (Å²) < 4.78 is 0. The highest BCUT2D eigenvalue weighted by Gasteiger charge is 2.30. The van der Waals surface area contributed by atoms with Crippen LogP contribution in [0.25, 0.3) is 0 Å². The van der Waals surface area contributed by atoms with Crippen LogP contribution in [0.3, 0.4) is 0 Å².